The normalized spacial score (nSPS) is 20.3. The van der Waals surface area contributed by atoms with Gasteiger partial charge in [0, 0.05) is 6.04 Å². The Morgan fingerprint density at radius 3 is 2.50 bits per heavy atom. The lowest BCUT2D eigenvalue weighted by Gasteiger charge is -2.14. The molecule has 0 aliphatic heterocycles. The largest absolute Gasteiger partial charge is 0.399 e. The van der Waals surface area contributed by atoms with Crippen molar-refractivity contribution in [3.63, 3.8) is 0 Å². The predicted octanol–water partition coefficient (Wildman–Crippen LogP) is 1.73. The van der Waals surface area contributed by atoms with Gasteiger partial charge in [-0.25, -0.2) is 0 Å². The van der Waals surface area contributed by atoms with Crippen LogP contribution in [0.15, 0.2) is 0 Å². The standard InChI is InChI=1S/C7H10ClF2NO/c1-4(5-2-3-5)11-6(12)7(8,9)10/h4-5H,2-3H2,1H3,(H,11,12). The summed E-state index contributed by atoms with van der Waals surface area (Å²) in [5.41, 5.74) is 0. The lowest BCUT2D eigenvalue weighted by molar-refractivity contribution is -0.136. The van der Waals surface area contributed by atoms with E-state index in [2.05, 4.69) is 16.9 Å². The number of carbonyl (C=O) groups is 1. The molecule has 12 heavy (non-hydrogen) atoms. The van der Waals surface area contributed by atoms with Crippen LogP contribution in [-0.4, -0.2) is 17.3 Å². The third-order valence-corrected chi connectivity index (χ3v) is 2.12. The van der Waals surface area contributed by atoms with Gasteiger partial charge in [-0.15, -0.1) is 0 Å². The average molecular weight is 198 g/mol. The average Bonchev–Trinajstić information content (AvgIpc) is 2.65. The van der Waals surface area contributed by atoms with E-state index in [0.29, 0.717) is 5.92 Å². The number of hydrogen-bond acceptors (Lipinski definition) is 1. The first kappa shape index (κ1) is 9.71. The van der Waals surface area contributed by atoms with Gasteiger partial charge >= 0.3 is 11.3 Å². The minimum absolute atomic E-state index is 0.192. The van der Waals surface area contributed by atoms with E-state index >= 15 is 0 Å². The highest BCUT2D eigenvalue weighted by Gasteiger charge is 2.38. The summed E-state index contributed by atoms with van der Waals surface area (Å²) in [6, 6.07) is -0.192. The molecule has 0 aromatic carbocycles. The molecule has 0 radical (unpaired) electrons. The number of hydrogen-bond donors (Lipinski definition) is 1. The van der Waals surface area contributed by atoms with Crippen LogP contribution in [0.2, 0.25) is 0 Å². The summed E-state index contributed by atoms with van der Waals surface area (Å²) in [7, 11) is 0. The second-order valence-corrected chi connectivity index (χ2v) is 3.57. The summed E-state index contributed by atoms with van der Waals surface area (Å²) in [6.07, 6.45) is 1.99. The highest BCUT2D eigenvalue weighted by atomic mass is 35.5. The molecule has 1 atom stereocenters. The van der Waals surface area contributed by atoms with Gasteiger partial charge in [-0.05, 0) is 37.3 Å². The SMILES string of the molecule is CC(NC(=O)C(F)(F)Cl)C1CC1. The van der Waals surface area contributed by atoms with Gasteiger partial charge in [0.25, 0.3) is 0 Å². The molecule has 1 fully saturated rings. The fourth-order valence-corrected chi connectivity index (χ4v) is 1.06. The molecule has 1 unspecified atom stereocenters. The van der Waals surface area contributed by atoms with Crippen molar-refractivity contribution in [2.75, 3.05) is 0 Å². The minimum Gasteiger partial charge on any atom is -0.347 e. The molecule has 1 amide bonds. The van der Waals surface area contributed by atoms with Crippen LogP contribution in [0.4, 0.5) is 8.78 Å². The van der Waals surface area contributed by atoms with E-state index in [9.17, 15) is 13.6 Å². The maximum Gasteiger partial charge on any atom is 0.399 e. The number of rotatable bonds is 3. The van der Waals surface area contributed by atoms with Gasteiger partial charge in [0.05, 0.1) is 0 Å². The fraction of sp³-hybridized carbons (Fsp3) is 0.857. The zero-order valence-electron chi connectivity index (χ0n) is 6.61. The highest BCUT2D eigenvalue weighted by Crippen LogP contribution is 2.32. The Balaban J connectivity index is 2.34. The number of halogens is 3. The zero-order chi connectivity index (χ0) is 9.35. The molecule has 70 valence electrons. The Bertz CT molecular complexity index is 188. The fourth-order valence-electron chi connectivity index (χ4n) is 1.00. The molecule has 1 N–H and O–H groups in total. The van der Waals surface area contributed by atoms with Crippen molar-refractivity contribution in [1.29, 1.82) is 0 Å². The van der Waals surface area contributed by atoms with E-state index in [1.54, 1.807) is 6.92 Å². The molecular formula is C7H10ClF2NO. The lowest BCUT2D eigenvalue weighted by Crippen LogP contribution is -2.42. The molecule has 2 nitrogen and oxygen atoms in total. The van der Waals surface area contributed by atoms with Crippen molar-refractivity contribution in [2.45, 2.75) is 31.2 Å². The van der Waals surface area contributed by atoms with E-state index in [1.807, 2.05) is 0 Å². The molecule has 0 spiro atoms. The Labute approximate surface area is 74.3 Å². The summed E-state index contributed by atoms with van der Waals surface area (Å²) in [4.78, 5) is 10.6. The first-order valence-corrected chi connectivity index (χ1v) is 4.16. The van der Waals surface area contributed by atoms with Crippen LogP contribution in [0, 0.1) is 5.92 Å². The van der Waals surface area contributed by atoms with E-state index in [0.717, 1.165) is 12.8 Å². The van der Waals surface area contributed by atoms with Gasteiger partial charge in [0.1, 0.15) is 0 Å². The highest BCUT2D eigenvalue weighted by molar-refractivity contribution is 6.32. The third kappa shape index (κ3) is 2.59. The number of amides is 1. The van der Waals surface area contributed by atoms with Crippen molar-refractivity contribution in [3.8, 4) is 0 Å². The molecule has 0 bridgehead atoms. The summed E-state index contributed by atoms with van der Waals surface area (Å²) in [6.45, 7) is 1.71. The van der Waals surface area contributed by atoms with Crippen LogP contribution in [0.1, 0.15) is 19.8 Å². The van der Waals surface area contributed by atoms with E-state index in [-0.39, 0.29) is 6.04 Å². The maximum atomic E-state index is 12.1. The number of alkyl halides is 3. The van der Waals surface area contributed by atoms with Gasteiger partial charge in [-0.3, -0.25) is 4.79 Å². The first-order valence-electron chi connectivity index (χ1n) is 3.79. The number of carbonyl (C=O) groups excluding carboxylic acids is 1. The molecule has 0 saturated heterocycles. The van der Waals surface area contributed by atoms with Crippen molar-refractivity contribution < 1.29 is 13.6 Å². The lowest BCUT2D eigenvalue weighted by atomic mass is 10.2. The summed E-state index contributed by atoms with van der Waals surface area (Å²) in [5, 5.41) is -1.61. The van der Waals surface area contributed by atoms with Crippen molar-refractivity contribution >= 4 is 17.5 Å². The van der Waals surface area contributed by atoms with Gasteiger partial charge in [0.15, 0.2) is 0 Å². The topological polar surface area (TPSA) is 29.1 Å². The second-order valence-electron chi connectivity index (χ2n) is 3.10. The van der Waals surface area contributed by atoms with Gasteiger partial charge in [-0.2, -0.15) is 8.78 Å². The Kier molecular flexibility index (Phi) is 2.56. The molecule has 1 rings (SSSR count). The molecule has 1 aliphatic rings. The van der Waals surface area contributed by atoms with Crippen LogP contribution in [0.3, 0.4) is 0 Å². The Morgan fingerprint density at radius 1 is 1.67 bits per heavy atom. The first-order chi connectivity index (χ1) is 5.41. The summed E-state index contributed by atoms with van der Waals surface area (Å²) < 4.78 is 24.2. The quantitative estimate of drug-likeness (QED) is 0.686. The van der Waals surface area contributed by atoms with Gasteiger partial charge in [-0.1, -0.05) is 0 Å². The predicted molar refractivity (Wildman–Crippen MR) is 41.1 cm³/mol. The van der Waals surface area contributed by atoms with Crippen LogP contribution in [0.25, 0.3) is 0 Å². The van der Waals surface area contributed by atoms with Crippen molar-refractivity contribution in [1.82, 2.24) is 5.32 Å². The molecule has 0 aromatic heterocycles. The number of nitrogens with one attached hydrogen (secondary N) is 1. The molecule has 0 aromatic rings. The smallest absolute Gasteiger partial charge is 0.347 e. The Morgan fingerprint density at radius 2 is 2.17 bits per heavy atom. The van der Waals surface area contributed by atoms with E-state index < -0.39 is 11.3 Å². The van der Waals surface area contributed by atoms with Gasteiger partial charge < -0.3 is 5.32 Å². The maximum absolute atomic E-state index is 12.1. The van der Waals surface area contributed by atoms with Crippen molar-refractivity contribution in [2.24, 2.45) is 5.92 Å². The van der Waals surface area contributed by atoms with Crippen LogP contribution in [-0.2, 0) is 4.79 Å². The minimum atomic E-state index is -3.77. The second kappa shape index (κ2) is 3.17. The molecular weight excluding hydrogens is 188 g/mol. The summed E-state index contributed by atoms with van der Waals surface area (Å²) >= 11 is 4.51. The van der Waals surface area contributed by atoms with Crippen molar-refractivity contribution in [3.05, 3.63) is 0 Å². The molecule has 1 saturated carbocycles. The van der Waals surface area contributed by atoms with E-state index in [4.69, 9.17) is 0 Å². The molecule has 1 aliphatic carbocycles. The summed E-state index contributed by atoms with van der Waals surface area (Å²) in [5.74, 6) is -1.04. The third-order valence-electron chi connectivity index (χ3n) is 1.95. The molecule has 0 heterocycles. The monoisotopic (exact) mass is 197 g/mol. The van der Waals surface area contributed by atoms with E-state index in [1.165, 1.54) is 0 Å². The van der Waals surface area contributed by atoms with Crippen LogP contribution >= 0.6 is 11.6 Å². The van der Waals surface area contributed by atoms with Crippen LogP contribution < -0.4 is 5.32 Å². The molecule has 5 heteroatoms. The van der Waals surface area contributed by atoms with Crippen LogP contribution in [0.5, 0.6) is 0 Å². The Hall–Kier alpha value is -0.380. The van der Waals surface area contributed by atoms with Gasteiger partial charge in [0.2, 0.25) is 0 Å². The zero-order valence-corrected chi connectivity index (χ0v) is 7.37.